The molecule has 0 radical (unpaired) electrons. The molecule has 184 valence electrons. The quantitative estimate of drug-likeness (QED) is 0.331. The van der Waals surface area contributed by atoms with Gasteiger partial charge in [-0.3, -0.25) is 0 Å². The molecule has 1 aliphatic carbocycles. The first kappa shape index (κ1) is 25.0. The predicted molar refractivity (Wildman–Crippen MR) is 136 cm³/mol. The summed E-state index contributed by atoms with van der Waals surface area (Å²) in [6.45, 7) is 7.10. The van der Waals surface area contributed by atoms with E-state index in [4.69, 9.17) is 14.1 Å². The van der Waals surface area contributed by atoms with Crippen molar-refractivity contribution in [3.8, 4) is 11.6 Å². The van der Waals surface area contributed by atoms with E-state index in [1.54, 1.807) is 11.8 Å². The van der Waals surface area contributed by atoms with E-state index in [9.17, 15) is 0 Å². The number of allylic oxidation sites excluding steroid dienone is 1. The van der Waals surface area contributed by atoms with Gasteiger partial charge in [-0.2, -0.15) is 0 Å². The van der Waals surface area contributed by atoms with Crippen LogP contribution in [0.25, 0.3) is 11.6 Å². The second-order valence-electron chi connectivity index (χ2n) is 9.33. The summed E-state index contributed by atoms with van der Waals surface area (Å²) in [5.41, 5.74) is 3.36. The molecular weight excluding hydrogens is 472 g/mol. The lowest BCUT2D eigenvalue weighted by Gasteiger charge is -2.29. The maximum Gasteiger partial charge on any atom is 0.202 e. The Morgan fingerprint density at radius 1 is 1.26 bits per heavy atom. The molecule has 0 saturated heterocycles. The summed E-state index contributed by atoms with van der Waals surface area (Å²) < 4.78 is 13.7. The van der Waals surface area contributed by atoms with Crippen molar-refractivity contribution >= 4 is 30.1 Å². The standard InChI is InChI=1S/C24H32N6O2S.ClH/c1-14(2)23-27-19-8-7-16-12-17(25-10-9-18(16)21(19)32-23)6-5-11-33-24-29-28-22(30(24)4)20-15(3)26-13-31-20;/h8-9,13-14,16-17,21,25H,5-7,10-12H2,1-4H3;1H. The van der Waals surface area contributed by atoms with E-state index in [1.165, 1.54) is 12.0 Å². The zero-order valence-corrected chi connectivity index (χ0v) is 21.8. The Morgan fingerprint density at radius 3 is 2.88 bits per heavy atom. The Labute approximate surface area is 211 Å². The van der Waals surface area contributed by atoms with Crippen LogP contribution >= 0.6 is 24.2 Å². The van der Waals surface area contributed by atoms with Crippen molar-refractivity contribution in [2.45, 2.75) is 63.8 Å². The number of aromatic nitrogens is 4. The number of nitrogens with zero attached hydrogens (tertiary/aromatic N) is 5. The molecule has 5 rings (SSSR count). The van der Waals surface area contributed by atoms with Crippen molar-refractivity contribution in [3.05, 3.63) is 35.5 Å². The normalized spacial score (nSPS) is 23.8. The first-order valence-electron chi connectivity index (χ1n) is 11.8. The van der Waals surface area contributed by atoms with Crippen LogP contribution in [0.3, 0.4) is 0 Å². The van der Waals surface area contributed by atoms with Gasteiger partial charge in [0.2, 0.25) is 5.82 Å². The molecule has 2 aromatic heterocycles. The fourth-order valence-corrected chi connectivity index (χ4v) is 5.68. The van der Waals surface area contributed by atoms with Gasteiger partial charge in [-0.05, 0) is 44.1 Å². The number of fused-ring (bicyclic) bond motifs is 3. The molecule has 2 aromatic rings. The van der Waals surface area contributed by atoms with Crippen LogP contribution in [-0.4, -0.2) is 50.1 Å². The summed E-state index contributed by atoms with van der Waals surface area (Å²) in [6, 6.07) is 0.512. The number of oxazole rings is 1. The largest absolute Gasteiger partial charge is 0.466 e. The third-order valence-electron chi connectivity index (χ3n) is 6.65. The average molecular weight is 505 g/mol. The fraction of sp³-hybridized carbons (Fsp3) is 0.583. The van der Waals surface area contributed by atoms with Crippen LogP contribution in [0, 0.1) is 18.8 Å². The van der Waals surface area contributed by atoms with Gasteiger partial charge in [0.1, 0.15) is 0 Å². The van der Waals surface area contributed by atoms with Crippen molar-refractivity contribution in [1.29, 1.82) is 0 Å². The number of ether oxygens (including phenoxy) is 1. The highest BCUT2D eigenvalue weighted by molar-refractivity contribution is 7.99. The summed E-state index contributed by atoms with van der Waals surface area (Å²) in [7, 11) is 1.98. The zero-order chi connectivity index (χ0) is 22.9. The van der Waals surface area contributed by atoms with Gasteiger partial charge in [0.15, 0.2) is 29.3 Å². The first-order valence-corrected chi connectivity index (χ1v) is 12.8. The number of thioether (sulfide) groups is 1. The Balaban J connectivity index is 0.00000274. The lowest BCUT2D eigenvalue weighted by atomic mass is 9.81. The second kappa shape index (κ2) is 10.7. The zero-order valence-electron chi connectivity index (χ0n) is 20.2. The molecule has 0 aromatic carbocycles. The molecule has 34 heavy (non-hydrogen) atoms. The monoisotopic (exact) mass is 504 g/mol. The SMILES string of the molecule is Cc1ncoc1-c1nnc(SCCCC2CC3CC=C4N=C(C(C)C)OC4C3=CCN2)n1C.Cl. The number of hydrogen-bond acceptors (Lipinski definition) is 8. The molecule has 4 heterocycles. The van der Waals surface area contributed by atoms with Crippen LogP contribution in [0.15, 0.2) is 44.4 Å². The van der Waals surface area contributed by atoms with Crippen molar-refractivity contribution in [2.24, 2.45) is 23.9 Å². The summed E-state index contributed by atoms with van der Waals surface area (Å²) in [5.74, 6) is 4.16. The van der Waals surface area contributed by atoms with Crippen LogP contribution in [0.5, 0.6) is 0 Å². The van der Waals surface area contributed by atoms with Crippen LogP contribution in [-0.2, 0) is 11.8 Å². The van der Waals surface area contributed by atoms with Crippen LogP contribution in [0.4, 0.5) is 0 Å². The van der Waals surface area contributed by atoms with E-state index < -0.39 is 0 Å². The average Bonchev–Trinajstić information content (AvgIpc) is 3.47. The predicted octanol–water partition coefficient (Wildman–Crippen LogP) is 4.72. The molecule has 0 bridgehead atoms. The smallest absolute Gasteiger partial charge is 0.202 e. The van der Waals surface area contributed by atoms with Gasteiger partial charge in [-0.1, -0.05) is 37.8 Å². The molecule has 2 aliphatic heterocycles. The number of hydrogen-bond donors (Lipinski definition) is 1. The van der Waals surface area contributed by atoms with Crippen LogP contribution in [0.2, 0.25) is 0 Å². The van der Waals surface area contributed by atoms with Gasteiger partial charge in [0.25, 0.3) is 0 Å². The van der Waals surface area contributed by atoms with E-state index in [-0.39, 0.29) is 18.5 Å². The third kappa shape index (κ3) is 4.97. The minimum atomic E-state index is 0. The van der Waals surface area contributed by atoms with E-state index in [2.05, 4.69) is 46.5 Å². The highest BCUT2D eigenvalue weighted by Gasteiger charge is 2.38. The van der Waals surface area contributed by atoms with Gasteiger partial charge in [-0.25, -0.2) is 9.98 Å². The summed E-state index contributed by atoms with van der Waals surface area (Å²) in [6.07, 6.45) is 10.6. The highest BCUT2D eigenvalue weighted by atomic mass is 35.5. The number of halogens is 1. The van der Waals surface area contributed by atoms with Gasteiger partial charge in [0, 0.05) is 31.3 Å². The molecular formula is C24H33ClN6O2S. The maximum atomic E-state index is 6.24. The third-order valence-corrected chi connectivity index (χ3v) is 7.76. The van der Waals surface area contributed by atoms with E-state index in [1.807, 2.05) is 18.5 Å². The lowest BCUT2D eigenvalue weighted by Crippen LogP contribution is -2.31. The Morgan fingerprint density at radius 2 is 2.12 bits per heavy atom. The molecule has 3 aliphatic rings. The van der Waals surface area contributed by atoms with E-state index in [0.717, 1.165) is 66.3 Å². The number of nitrogens with one attached hydrogen (secondary N) is 1. The fourth-order valence-electron chi connectivity index (χ4n) is 4.81. The minimum absolute atomic E-state index is 0. The number of rotatable bonds is 7. The van der Waals surface area contributed by atoms with Crippen molar-refractivity contribution in [3.63, 3.8) is 0 Å². The second-order valence-corrected chi connectivity index (χ2v) is 10.4. The summed E-state index contributed by atoms with van der Waals surface area (Å²) in [5, 5.41) is 13.3. The minimum Gasteiger partial charge on any atom is -0.466 e. The van der Waals surface area contributed by atoms with Crippen molar-refractivity contribution in [1.82, 2.24) is 25.1 Å². The summed E-state index contributed by atoms with van der Waals surface area (Å²) >= 11 is 1.74. The molecule has 8 nitrogen and oxygen atoms in total. The molecule has 0 saturated carbocycles. The Kier molecular flexibility index (Phi) is 7.84. The molecule has 3 unspecified atom stereocenters. The van der Waals surface area contributed by atoms with Gasteiger partial charge < -0.3 is 19.0 Å². The topological polar surface area (TPSA) is 90.4 Å². The first-order chi connectivity index (χ1) is 16.0. The lowest BCUT2D eigenvalue weighted by molar-refractivity contribution is 0.238. The summed E-state index contributed by atoms with van der Waals surface area (Å²) in [4.78, 5) is 8.89. The molecule has 0 fully saturated rings. The number of aryl methyl sites for hydroxylation is 1. The van der Waals surface area contributed by atoms with Crippen molar-refractivity contribution < 1.29 is 9.15 Å². The van der Waals surface area contributed by atoms with Crippen molar-refractivity contribution in [2.75, 3.05) is 12.3 Å². The molecule has 1 N–H and O–H groups in total. The van der Waals surface area contributed by atoms with Crippen LogP contribution in [0.1, 0.15) is 45.2 Å². The van der Waals surface area contributed by atoms with Gasteiger partial charge in [-0.15, -0.1) is 22.6 Å². The van der Waals surface area contributed by atoms with E-state index >= 15 is 0 Å². The molecule has 0 spiro atoms. The van der Waals surface area contributed by atoms with Gasteiger partial charge in [0.05, 0.1) is 11.4 Å². The molecule has 0 amide bonds. The Hall–Kier alpha value is -2.10. The number of aliphatic imine (C=N–C) groups is 1. The van der Waals surface area contributed by atoms with Crippen LogP contribution < -0.4 is 5.32 Å². The highest BCUT2D eigenvalue weighted by Crippen LogP contribution is 2.40. The molecule has 10 heteroatoms. The van der Waals surface area contributed by atoms with E-state index in [0.29, 0.717) is 23.6 Å². The van der Waals surface area contributed by atoms with Gasteiger partial charge >= 0.3 is 0 Å². The Bertz CT molecular complexity index is 1100. The maximum absolute atomic E-state index is 6.24. The molecule has 3 atom stereocenters.